The molecule has 1 aromatic rings. The topological polar surface area (TPSA) is 59.0 Å². The molecule has 2 atom stereocenters. The van der Waals surface area contributed by atoms with Crippen LogP contribution in [0.15, 0.2) is 18.2 Å². The summed E-state index contributed by atoms with van der Waals surface area (Å²) in [5, 5.41) is 10.2. The van der Waals surface area contributed by atoms with Gasteiger partial charge in [0, 0.05) is 31.4 Å². The van der Waals surface area contributed by atoms with E-state index in [4.69, 9.17) is 4.74 Å². The van der Waals surface area contributed by atoms with Crippen LogP contribution < -0.4 is 9.64 Å². The minimum Gasteiger partial charge on any atom is -0.472 e. The summed E-state index contributed by atoms with van der Waals surface area (Å²) in [7, 11) is 5.09. The lowest BCUT2D eigenvalue weighted by Gasteiger charge is -2.24. The maximum Gasteiger partial charge on any atom is 0.353 e. The van der Waals surface area contributed by atoms with Gasteiger partial charge in [-0.1, -0.05) is 6.07 Å². The molecule has 18 heavy (non-hydrogen) atoms. The number of aliphatic hydroxyl groups excluding tert-OH is 1. The van der Waals surface area contributed by atoms with E-state index in [1.807, 2.05) is 25.1 Å². The molecule has 0 saturated carbocycles. The molecule has 0 saturated heterocycles. The third kappa shape index (κ3) is 1.71. The fourth-order valence-corrected chi connectivity index (χ4v) is 2.05. The lowest BCUT2D eigenvalue weighted by molar-refractivity contribution is -0.164. The van der Waals surface area contributed by atoms with E-state index in [-0.39, 0.29) is 0 Å². The second kappa shape index (κ2) is 4.17. The Hall–Kier alpha value is -1.75. The molecule has 98 valence electrons. The van der Waals surface area contributed by atoms with Crippen molar-refractivity contribution in [2.24, 2.45) is 0 Å². The Bertz CT molecular complexity index is 486. The fourth-order valence-electron chi connectivity index (χ4n) is 2.05. The number of ether oxygens (including phenoxy) is 2. The summed E-state index contributed by atoms with van der Waals surface area (Å²) in [6.07, 6.45) is -1.02. The van der Waals surface area contributed by atoms with Crippen molar-refractivity contribution < 1.29 is 19.4 Å². The second-order valence-electron chi connectivity index (χ2n) is 4.72. The molecule has 2 rings (SSSR count). The highest BCUT2D eigenvalue weighted by atomic mass is 16.6. The molecule has 2 unspecified atom stereocenters. The summed E-state index contributed by atoms with van der Waals surface area (Å²) in [5.74, 6) is -0.0702. The van der Waals surface area contributed by atoms with Crippen LogP contribution in [0, 0.1) is 0 Å². The molecule has 5 heteroatoms. The van der Waals surface area contributed by atoms with Gasteiger partial charge in [0.2, 0.25) is 5.60 Å². The molecule has 1 aliphatic rings. The van der Waals surface area contributed by atoms with Gasteiger partial charge in [-0.2, -0.15) is 0 Å². The third-order valence-corrected chi connectivity index (χ3v) is 3.24. The Kier molecular flexibility index (Phi) is 2.94. The van der Waals surface area contributed by atoms with Crippen molar-refractivity contribution >= 4 is 11.7 Å². The van der Waals surface area contributed by atoms with Crippen LogP contribution in [-0.2, 0) is 9.53 Å². The van der Waals surface area contributed by atoms with Gasteiger partial charge >= 0.3 is 5.97 Å². The average molecular weight is 251 g/mol. The monoisotopic (exact) mass is 251 g/mol. The van der Waals surface area contributed by atoms with E-state index in [0.29, 0.717) is 11.3 Å². The van der Waals surface area contributed by atoms with Crippen molar-refractivity contribution in [2.45, 2.75) is 18.6 Å². The first-order valence-corrected chi connectivity index (χ1v) is 5.67. The number of carbonyl (C=O) groups is 1. The van der Waals surface area contributed by atoms with E-state index in [1.165, 1.54) is 14.0 Å². The molecular weight excluding hydrogens is 234 g/mol. The molecule has 1 N–H and O–H groups in total. The number of carbonyl (C=O) groups excluding carboxylic acids is 1. The zero-order chi connectivity index (χ0) is 13.5. The van der Waals surface area contributed by atoms with Crippen LogP contribution in [0.5, 0.6) is 5.75 Å². The molecule has 1 aromatic carbocycles. The number of esters is 1. The Morgan fingerprint density at radius 2 is 2.17 bits per heavy atom. The summed E-state index contributed by atoms with van der Waals surface area (Å²) in [6, 6.07) is 5.44. The zero-order valence-electron chi connectivity index (χ0n) is 10.9. The Balaban J connectivity index is 2.41. The van der Waals surface area contributed by atoms with Gasteiger partial charge in [-0.05, 0) is 13.0 Å². The average Bonchev–Trinajstić information content (AvgIpc) is 2.61. The van der Waals surface area contributed by atoms with Crippen LogP contribution in [-0.4, -0.2) is 37.9 Å². The number of nitrogens with zero attached hydrogens (tertiary/aromatic N) is 1. The van der Waals surface area contributed by atoms with E-state index >= 15 is 0 Å². The largest absolute Gasteiger partial charge is 0.472 e. The summed E-state index contributed by atoms with van der Waals surface area (Å²) < 4.78 is 10.3. The van der Waals surface area contributed by atoms with Crippen molar-refractivity contribution in [3.05, 3.63) is 23.8 Å². The number of aliphatic hydroxyl groups is 1. The Labute approximate surface area is 106 Å². The molecule has 1 aliphatic heterocycles. The van der Waals surface area contributed by atoms with E-state index in [0.717, 1.165) is 5.69 Å². The SMILES string of the molecule is COC(=O)C1(C)Oc2cc(N(C)C)ccc2C1O. The van der Waals surface area contributed by atoms with Crippen LogP contribution in [0.3, 0.4) is 0 Å². The fraction of sp³-hybridized carbons (Fsp3) is 0.462. The number of benzene rings is 1. The Morgan fingerprint density at radius 3 is 2.72 bits per heavy atom. The van der Waals surface area contributed by atoms with Crippen molar-refractivity contribution in [1.82, 2.24) is 0 Å². The van der Waals surface area contributed by atoms with Gasteiger partial charge in [0.05, 0.1) is 7.11 Å². The minimum atomic E-state index is -1.37. The van der Waals surface area contributed by atoms with Gasteiger partial charge in [-0.15, -0.1) is 0 Å². The second-order valence-corrected chi connectivity index (χ2v) is 4.72. The first-order valence-electron chi connectivity index (χ1n) is 5.67. The maximum absolute atomic E-state index is 11.7. The standard InChI is InChI=1S/C13H17NO4/c1-13(12(16)17-4)11(15)9-6-5-8(14(2)3)7-10(9)18-13/h5-7,11,15H,1-4H3. The minimum absolute atomic E-state index is 0.515. The molecule has 1 heterocycles. The first-order chi connectivity index (χ1) is 8.40. The predicted molar refractivity (Wildman–Crippen MR) is 66.8 cm³/mol. The van der Waals surface area contributed by atoms with E-state index in [9.17, 15) is 9.90 Å². The number of hydrogen-bond acceptors (Lipinski definition) is 5. The van der Waals surface area contributed by atoms with Crippen molar-refractivity contribution in [2.75, 3.05) is 26.1 Å². The number of anilines is 1. The summed E-state index contributed by atoms with van der Waals surface area (Å²) in [6.45, 7) is 1.53. The zero-order valence-corrected chi connectivity index (χ0v) is 10.9. The number of rotatable bonds is 2. The van der Waals surface area contributed by atoms with Crippen molar-refractivity contribution in [3.8, 4) is 5.75 Å². The molecule has 0 spiro atoms. The highest BCUT2D eigenvalue weighted by molar-refractivity contribution is 5.82. The number of hydrogen-bond donors (Lipinski definition) is 1. The molecule has 0 fully saturated rings. The molecule has 0 radical (unpaired) electrons. The van der Waals surface area contributed by atoms with E-state index in [2.05, 4.69) is 4.74 Å². The van der Waals surface area contributed by atoms with Crippen molar-refractivity contribution in [1.29, 1.82) is 0 Å². The number of fused-ring (bicyclic) bond motifs is 1. The predicted octanol–water partition coefficient (Wildman–Crippen LogP) is 1.11. The van der Waals surface area contributed by atoms with Gasteiger partial charge < -0.3 is 19.5 Å². The van der Waals surface area contributed by atoms with Crippen LogP contribution in [0.1, 0.15) is 18.6 Å². The summed E-state index contributed by atoms with van der Waals surface area (Å²) >= 11 is 0. The molecule has 5 nitrogen and oxygen atoms in total. The van der Waals surface area contributed by atoms with Crippen LogP contribution >= 0.6 is 0 Å². The van der Waals surface area contributed by atoms with E-state index < -0.39 is 17.7 Å². The smallest absolute Gasteiger partial charge is 0.353 e. The quantitative estimate of drug-likeness (QED) is 0.798. The summed E-state index contributed by atoms with van der Waals surface area (Å²) in [5.41, 5.74) is 0.172. The molecule has 0 aliphatic carbocycles. The first kappa shape index (κ1) is 12.7. The van der Waals surface area contributed by atoms with E-state index in [1.54, 1.807) is 12.1 Å². The molecule has 0 aromatic heterocycles. The van der Waals surface area contributed by atoms with Gasteiger partial charge in [-0.25, -0.2) is 4.79 Å². The maximum atomic E-state index is 11.7. The molecular formula is C13H17NO4. The highest BCUT2D eigenvalue weighted by Gasteiger charge is 2.51. The molecule has 0 amide bonds. The molecule has 0 bridgehead atoms. The normalized spacial score (nSPS) is 25.3. The number of methoxy groups -OCH3 is 1. The van der Waals surface area contributed by atoms with Gasteiger partial charge in [0.25, 0.3) is 0 Å². The van der Waals surface area contributed by atoms with Gasteiger partial charge in [0.1, 0.15) is 11.9 Å². The highest BCUT2D eigenvalue weighted by Crippen LogP contribution is 2.45. The lowest BCUT2D eigenvalue weighted by Crippen LogP contribution is -2.44. The summed E-state index contributed by atoms with van der Waals surface area (Å²) in [4.78, 5) is 13.6. The van der Waals surface area contributed by atoms with Crippen molar-refractivity contribution in [3.63, 3.8) is 0 Å². The lowest BCUT2D eigenvalue weighted by atomic mass is 9.95. The van der Waals surface area contributed by atoms with Gasteiger partial charge in [-0.3, -0.25) is 0 Å². The van der Waals surface area contributed by atoms with Gasteiger partial charge in [0.15, 0.2) is 0 Å². The third-order valence-electron chi connectivity index (χ3n) is 3.24. The van der Waals surface area contributed by atoms with Crippen LogP contribution in [0.25, 0.3) is 0 Å². The Morgan fingerprint density at radius 1 is 1.50 bits per heavy atom. The van der Waals surface area contributed by atoms with Crippen LogP contribution in [0.2, 0.25) is 0 Å². The van der Waals surface area contributed by atoms with Crippen LogP contribution in [0.4, 0.5) is 5.69 Å².